The summed E-state index contributed by atoms with van der Waals surface area (Å²) in [6.45, 7) is 6.81. The van der Waals surface area contributed by atoms with Crippen molar-refractivity contribution in [2.24, 2.45) is 0 Å². The molecule has 0 spiro atoms. The molecule has 0 saturated heterocycles. The smallest absolute Gasteiger partial charge is 0.338 e. The van der Waals surface area contributed by atoms with Crippen LogP contribution in [0, 0.1) is 13.8 Å². The summed E-state index contributed by atoms with van der Waals surface area (Å²) in [7, 11) is 0. The lowest BCUT2D eigenvalue weighted by Gasteiger charge is -2.21. The lowest BCUT2D eigenvalue weighted by atomic mass is 10.1. The van der Waals surface area contributed by atoms with Crippen LogP contribution in [0.15, 0.2) is 47.8 Å². The predicted molar refractivity (Wildman–Crippen MR) is 121 cm³/mol. The second-order valence-corrected chi connectivity index (χ2v) is 7.87. The molecule has 0 saturated carbocycles. The Morgan fingerprint density at radius 3 is 2.55 bits per heavy atom. The Balaban J connectivity index is 1.73. The van der Waals surface area contributed by atoms with Gasteiger partial charge >= 0.3 is 5.97 Å². The number of esters is 1. The van der Waals surface area contributed by atoms with Crippen LogP contribution in [-0.2, 0) is 20.9 Å². The van der Waals surface area contributed by atoms with Gasteiger partial charge in [-0.25, -0.2) is 9.78 Å². The van der Waals surface area contributed by atoms with Gasteiger partial charge in [0.15, 0.2) is 5.13 Å². The minimum absolute atomic E-state index is 0.0295. The largest absolute Gasteiger partial charge is 0.456 e. The van der Waals surface area contributed by atoms with Crippen molar-refractivity contribution in [3.63, 3.8) is 0 Å². The number of thiazole rings is 1. The predicted octanol–water partition coefficient (Wildman–Crippen LogP) is 4.76. The highest BCUT2D eigenvalue weighted by atomic mass is 32.1. The summed E-state index contributed by atoms with van der Waals surface area (Å²) in [5, 5.41) is 4.90. The van der Waals surface area contributed by atoms with Crippen molar-refractivity contribution in [1.29, 1.82) is 0 Å². The van der Waals surface area contributed by atoms with E-state index in [4.69, 9.17) is 4.74 Å². The number of nitrogens with zero attached hydrogens (tertiary/aromatic N) is 2. The van der Waals surface area contributed by atoms with Gasteiger partial charge in [0.05, 0.1) is 16.9 Å². The van der Waals surface area contributed by atoms with E-state index in [0.717, 1.165) is 16.8 Å². The number of amides is 2. The van der Waals surface area contributed by atoms with Gasteiger partial charge in [-0.3, -0.25) is 14.5 Å². The molecular weight excluding hydrogens is 414 g/mol. The number of carbonyl (C=O) groups excluding carboxylic acids is 3. The van der Waals surface area contributed by atoms with Crippen LogP contribution < -0.4 is 10.2 Å². The molecule has 1 N–H and O–H groups in total. The van der Waals surface area contributed by atoms with E-state index < -0.39 is 5.97 Å². The lowest BCUT2D eigenvalue weighted by molar-refractivity contribution is -0.116. The Hall–Kier alpha value is -3.52. The van der Waals surface area contributed by atoms with Crippen molar-refractivity contribution in [3.8, 4) is 0 Å². The summed E-state index contributed by atoms with van der Waals surface area (Å²) in [6, 6.07) is 12.3. The Morgan fingerprint density at radius 1 is 1.10 bits per heavy atom. The molecule has 0 aliphatic rings. The fourth-order valence-corrected chi connectivity index (χ4v) is 3.86. The fourth-order valence-electron chi connectivity index (χ4n) is 3.00. The van der Waals surface area contributed by atoms with E-state index in [0.29, 0.717) is 22.1 Å². The van der Waals surface area contributed by atoms with Crippen LogP contribution in [0.1, 0.15) is 41.0 Å². The van der Waals surface area contributed by atoms with E-state index in [1.165, 1.54) is 25.2 Å². The average Bonchev–Trinajstić information content (AvgIpc) is 3.17. The number of nitrogens with one attached hydrogen (secondary N) is 1. The molecule has 160 valence electrons. The molecule has 0 radical (unpaired) electrons. The van der Waals surface area contributed by atoms with Gasteiger partial charge in [-0.15, -0.1) is 11.3 Å². The van der Waals surface area contributed by atoms with E-state index >= 15 is 0 Å². The number of hydrogen-bond donors (Lipinski definition) is 1. The molecular formula is C23H23N3O4S. The average molecular weight is 438 g/mol. The molecule has 3 rings (SSSR count). The summed E-state index contributed by atoms with van der Waals surface area (Å²) in [4.78, 5) is 42.0. The minimum atomic E-state index is -0.528. The molecule has 1 heterocycles. The maximum absolute atomic E-state index is 12.4. The Bertz CT molecular complexity index is 1140. The van der Waals surface area contributed by atoms with Gasteiger partial charge in [-0.05, 0) is 49.2 Å². The Labute approximate surface area is 184 Å². The van der Waals surface area contributed by atoms with Crippen LogP contribution in [0.2, 0.25) is 0 Å². The summed E-state index contributed by atoms with van der Waals surface area (Å²) in [6.07, 6.45) is 0. The molecule has 0 unspecified atom stereocenters. The minimum Gasteiger partial charge on any atom is -0.456 e. The zero-order valence-electron chi connectivity index (χ0n) is 17.8. The number of rotatable bonds is 6. The van der Waals surface area contributed by atoms with Crippen LogP contribution in [0.4, 0.5) is 16.5 Å². The third-order valence-electron chi connectivity index (χ3n) is 4.63. The molecule has 0 aliphatic carbocycles. The van der Waals surface area contributed by atoms with Gasteiger partial charge < -0.3 is 10.1 Å². The highest BCUT2D eigenvalue weighted by Gasteiger charge is 2.20. The monoisotopic (exact) mass is 437 g/mol. The van der Waals surface area contributed by atoms with E-state index in [-0.39, 0.29) is 18.4 Å². The SMILES string of the molecule is CC(=O)Nc1cccc(C(=O)OCc2csc(N(C(C)=O)c3cccc(C)c3C)n2)c1. The van der Waals surface area contributed by atoms with Crippen molar-refractivity contribution in [1.82, 2.24) is 4.98 Å². The van der Waals surface area contributed by atoms with Gasteiger partial charge in [-0.1, -0.05) is 18.2 Å². The summed E-state index contributed by atoms with van der Waals surface area (Å²) >= 11 is 1.31. The first-order chi connectivity index (χ1) is 14.8. The second-order valence-electron chi connectivity index (χ2n) is 7.03. The molecule has 0 bridgehead atoms. The van der Waals surface area contributed by atoms with Crippen LogP contribution >= 0.6 is 11.3 Å². The van der Waals surface area contributed by atoms with Crippen LogP contribution in [0.25, 0.3) is 0 Å². The molecule has 2 aromatic carbocycles. The molecule has 31 heavy (non-hydrogen) atoms. The number of aromatic nitrogens is 1. The van der Waals surface area contributed by atoms with Crippen molar-refractivity contribution >= 4 is 45.6 Å². The molecule has 3 aromatic rings. The number of aryl methyl sites for hydroxylation is 1. The van der Waals surface area contributed by atoms with Crippen molar-refractivity contribution in [3.05, 3.63) is 70.2 Å². The Morgan fingerprint density at radius 2 is 1.84 bits per heavy atom. The van der Waals surface area contributed by atoms with Crippen LogP contribution in [0.3, 0.4) is 0 Å². The summed E-state index contributed by atoms with van der Waals surface area (Å²) < 4.78 is 5.37. The van der Waals surface area contributed by atoms with Crippen LogP contribution in [0.5, 0.6) is 0 Å². The maximum Gasteiger partial charge on any atom is 0.338 e. The highest BCUT2D eigenvalue weighted by molar-refractivity contribution is 7.14. The number of hydrogen-bond acceptors (Lipinski definition) is 6. The third kappa shape index (κ3) is 5.35. The van der Waals surface area contributed by atoms with E-state index in [1.807, 2.05) is 32.0 Å². The standard InChI is InChI=1S/C23H23N3O4S/c1-14-7-5-10-21(15(14)2)26(17(4)28)23-25-20(13-31-23)12-30-22(29)18-8-6-9-19(11-18)24-16(3)27/h5-11,13H,12H2,1-4H3,(H,24,27). The number of anilines is 3. The fraction of sp³-hybridized carbons (Fsp3) is 0.217. The molecule has 1 aromatic heterocycles. The summed E-state index contributed by atoms with van der Waals surface area (Å²) in [5.41, 5.74) is 4.24. The van der Waals surface area contributed by atoms with Gasteiger partial charge in [0.25, 0.3) is 0 Å². The van der Waals surface area contributed by atoms with Gasteiger partial charge in [-0.2, -0.15) is 0 Å². The van der Waals surface area contributed by atoms with Crippen molar-refractivity contribution < 1.29 is 19.1 Å². The van der Waals surface area contributed by atoms with Gasteiger partial charge in [0, 0.05) is 24.9 Å². The Kier molecular flexibility index (Phi) is 6.81. The first-order valence-electron chi connectivity index (χ1n) is 9.62. The van der Waals surface area contributed by atoms with E-state index in [2.05, 4.69) is 10.3 Å². The van der Waals surface area contributed by atoms with E-state index in [9.17, 15) is 14.4 Å². The quantitative estimate of drug-likeness (QED) is 0.562. The number of carbonyl (C=O) groups is 3. The topological polar surface area (TPSA) is 88.6 Å². The highest BCUT2D eigenvalue weighted by Crippen LogP contribution is 2.32. The molecule has 7 nitrogen and oxygen atoms in total. The second kappa shape index (κ2) is 9.53. The molecule has 0 aliphatic heterocycles. The van der Waals surface area contributed by atoms with Gasteiger partial charge in [0.2, 0.25) is 11.8 Å². The van der Waals surface area contributed by atoms with Crippen molar-refractivity contribution in [2.45, 2.75) is 34.3 Å². The molecule has 8 heteroatoms. The van der Waals surface area contributed by atoms with E-state index in [1.54, 1.807) is 34.5 Å². The van der Waals surface area contributed by atoms with Crippen molar-refractivity contribution in [2.75, 3.05) is 10.2 Å². The molecule has 0 fully saturated rings. The lowest BCUT2D eigenvalue weighted by Crippen LogP contribution is -2.23. The number of benzene rings is 2. The normalized spacial score (nSPS) is 10.5. The zero-order chi connectivity index (χ0) is 22.5. The zero-order valence-corrected chi connectivity index (χ0v) is 18.6. The maximum atomic E-state index is 12.4. The van der Waals surface area contributed by atoms with Crippen LogP contribution in [-0.4, -0.2) is 22.8 Å². The first-order valence-corrected chi connectivity index (χ1v) is 10.5. The first kappa shape index (κ1) is 22.2. The molecule has 0 atom stereocenters. The third-order valence-corrected chi connectivity index (χ3v) is 5.51. The summed E-state index contributed by atoms with van der Waals surface area (Å²) in [5.74, 6) is -0.902. The van der Waals surface area contributed by atoms with Gasteiger partial charge in [0.1, 0.15) is 6.61 Å². The molecule has 2 amide bonds. The number of ether oxygens (including phenoxy) is 1.